The predicted molar refractivity (Wildman–Crippen MR) is 131 cm³/mol. The lowest BCUT2D eigenvalue weighted by atomic mass is 10.0. The third kappa shape index (κ3) is 4.45. The molecule has 1 atom stereocenters. The zero-order valence-electron chi connectivity index (χ0n) is 18.0. The van der Waals surface area contributed by atoms with Crippen molar-refractivity contribution >= 4 is 39.2 Å². The van der Waals surface area contributed by atoms with E-state index in [0.29, 0.717) is 10.2 Å². The van der Waals surface area contributed by atoms with Gasteiger partial charge in [-0.05, 0) is 42.7 Å². The van der Waals surface area contributed by atoms with Crippen LogP contribution in [0.1, 0.15) is 30.0 Å². The van der Waals surface area contributed by atoms with Crippen molar-refractivity contribution in [3.05, 3.63) is 81.5 Å². The fourth-order valence-electron chi connectivity index (χ4n) is 4.08. The minimum absolute atomic E-state index is 0.144. The second kappa shape index (κ2) is 9.11. The lowest BCUT2D eigenvalue weighted by Gasteiger charge is -2.26. The van der Waals surface area contributed by atoms with Gasteiger partial charge in [-0.3, -0.25) is 14.2 Å². The Labute approximate surface area is 198 Å². The molecule has 8 heteroatoms. The van der Waals surface area contributed by atoms with Gasteiger partial charge >= 0.3 is 0 Å². The summed E-state index contributed by atoms with van der Waals surface area (Å²) in [4.78, 5) is 32.0. The molecule has 0 radical (unpaired) electrons. The minimum atomic E-state index is -0.304. The van der Waals surface area contributed by atoms with Crippen LogP contribution in [0.5, 0.6) is 0 Å². The third-order valence-electron chi connectivity index (χ3n) is 5.85. The lowest BCUT2D eigenvalue weighted by molar-refractivity contribution is -0.122. The number of amides is 1. The Kier molecular flexibility index (Phi) is 6.03. The molecule has 3 heterocycles. The Hall–Kier alpha value is -2.97. The predicted octanol–water partition coefficient (Wildman–Crippen LogP) is 5.32. The third-order valence-corrected chi connectivity index (χ3v) is 7.86. The maximum absolute atomic E-state index is 13.7. The van der Waals surface area contributed by atoms with Crippen molar-refractivity contribution in [2.75, 3.05) is 5.75 Å². The van der Waals surface area contributed by atoms with Crippen molar-refractivity contribution in [1.29, 1.82) is 0 Å². The van der Waals surface area contributed by atoms with Crippen LogP contribution in [0.4, 0.5) is 4.39 Å². The summed E-state index contributed by atoms with van der Waals surface area (Å²) in [6.45, 7) is 2.25. The summed E-state index contributed by atoms with van der Waals surface area (Å²) in [7, 11) is 0. The molecule has 168 valence electrons. The summed E-state index contributed by atoms with van der Waals surface area (Å²) in [5.74, 6) is 0.392. The molecule has 1 unspecified atom stereocenters. The van der Waals surface area contributed by atoms with E-state index in [1.54, 1.807) is 17.8 Å². The van der Waals surface area contributed by atoms with E-state index in [2.05, 4.69) is 10.3 Å². The van der Waals surface area contributed by atoms with Gasteiger partial charge in [0, 0.05) is 34.6 Å². The van der Waals surface area contributed by atoms with Crippen LogP contribution in [-0.2, 0) is 11.3 Å². The maximum Gasteiger partial charge on any atom is 0.262 e. The molecule has 1 N–H and O–H groups in total. The second-order valence-electron chi connectivity index (χ2n) is 8.13. The molecule has 2 aromatic carbocycles. The molecule has 4 aromatic rings. The molecule has 33 heavy (non-hydrogen) atoms. The average molecular weight is 480 g/mol. The summed E-state index contributed by atoms with van der Waals surface area (Å²) in [6.07, 6.45) is 2.40. The molecule has 0 spiro atoms. The zero-order valence-corrected chi connectivity index (χ0v) is 19.6. The van der Waals surface area contributed by atoms with Crippen LogP contribution >= 0.6 is 23.1 Å². The molecule has 5 rings (SSSR count). The van der Waals surface area contributed by atoms with Gasteiger partial charge in [0.05, 0.1) is 17.8 Å². The topological polar surface area (TPSA) is 64.0 Å². The lowest BCUT2D eigenvalue weighted by Crippen LogP contribution is -2.32. The number of thioether (sulfide) groups is 1. The monoisotopic (exact) mass is 479 g/mol. The van der Waals surface area contributed by atoms with Crippen LogP contribution in [-0.4, -0.2) is 21.2 Å². The highest BCUT2D eigenvalue weighted by Gasteiger charge is 2.23. The first-order valence-corrected chi connectivity index (χ1v) is 12.6. The number of rotatable bonds is 5. The van der Waals surface area contributed by atoms with E-state index in [1.807, 2.05) is 36.6 Å². The number of aromatic nitrogens is 2. The van der Waals surface area contributed by atoms with E-state index in [4.69, 9.17) is 0 Å². The van der Waals surface area contributed by atoms with Gasteiger partial charge in [-0.15, -0.1) is 23.1 Å². The number of thiophene rings is 1. The number of aryl methyl sites for hydroxylation is 2. The van der Waals surface area contributed by atoms with Crippen molar-refractivity contribution in [1.82, 2.24) is 14.9 Å². The molecular weight excluding hydrogens is 457 g/mol. The molecule has 0 bridgehead atoms. The number of carbonyl (C=O) groups is 1. The Bertz CT molecular complexity index is 1400. The number of hydrogen-bond donors (Lipinski definition) is 1. The molecule has 0 saturated carbocycles. The molecule has 0 saturated heterocycles. The number of halogens is 1. The van der Waals surface area contributed by atoms with Crippen LogP contribution in [0.3, 0.4) is 0 Å². The van der Waals surface area contributed by atoms with Crippen LogP contribution in [0.15, 0.2) is 63.9 Å². The Balaban J connectivity index is 1.33. The number of nitrogens with zero attached hydrogens (tertiary/aromatic N) is 2. The quantitative estimate of drug-likeness (QED) is 0.421. The van der Waals surface area contributed by atoms with Crippen LogP contribution in [0.2, 0.25) is 0 Å². The zero-order chi connectivity index (χ0) is 22.9. The van der Waals surface area contributed by atoms with Gasteiger partial charge in [0.2, 0.25) is 5.91 Å². The van der Waals surface area contributed by atoms with E-state index in [-0.39, 0.29) is 36.3 Å². The van der Waals surface area contributed by atoms with Gasteiger partial charge in [0.1, 0.15) is 10.6 Å². The smallest absolute Gasteiger partial charge is 0.262 e. The van der Waals surface area contributed by atoms with E-state index >= 15 is 0 Å². The highest BCUT2D eigenvalue weighted by atomic mass is 32.2. The van der Waals surface area contributed by atoms with Crippen molar-refractivity contribution in [2.45, 2.75) is 37.2 Å². The fourth-order valence-corrected chi connectivity index (χ4v) is 6.09. The number of benzene rings is 2. The van der Waals surface area contributed by atoms with Gasteiger partial charge < -0.3 is 5.32 Å². The molecule has 0 fully saturated rings. The number of carbonyl (C=O) groups excluding carboxylic acids is 1. The SMILES string of the molecule is Cc1ccc(-c2csc3ncn(CCC(=O)NC4CCSc5ccc(F)cc54)c(=O)c23)cc1. The summed E-state index contributed by atoms with van der Waals surface area (Å²) in [5, 5.41) is 5.55. The Morgan fingerprint density at radius 1 is 1.24 bits per heavy atom. The highest BCUT2D eigenvalue weighted by Crippen LogP contribution is 2.36. The van der Waals surface area contributed by atoms with Gasteiger partial charge in [0.15, 0.2) is 0 Å². The Morgan fingerprint density at radius 3 is 2.88 bits per heavy atom. The van der Waals surface area contributed by atoms with Gasteiger partial charge in [0.25, 0.3) is 5.56 Å². The first kappa shape index (κ1) is 21.9. The maximum atomic E-state index is 13.7. The van der Waals surface area contributed by atoms with Crippen molar-refractivity contribution < 1.29 is 9.18 Å². The average Bonchev–Trinajstić information content (AvgIpc) is 3.24. The van der Waals surface area contributed by atoms with Gasteiger partial charge in [-0.1, -0.05) is 29.8 Å². The Morgan fingerprint density at radius 2 is 2.06 bits per heavy atom. The number of nitrogens with one attached hydrogen (secondary N) is 1. The van der Waals surface area contributed by atoms with Crippen molar-refractivity contribution in [3.8, 4) is 11.1 Å². The van der Waals surface area contributed by atoms with Crippen LogP contribution < -0.4 is 10.9 Å². The van der Waals surface area contributed by atoms with Gasteiger partial charge in [-0.25, -0.2) is 9.37 Å². The highest BCUT2D eigenvalue weighted by molar-refractivity contribution is 7.99. The summed E-state index contributed by atoms with van der Waals surface area (Å²) >= 11 is 3.11. The van der Waals surface area contributed by atoms with E-state index in [9.17, 15) is 14.0 Å². The summed E-state index contributed by atoms with van der Waals surface area (Å²) < 4.78 is 15.2. The van der Waals surface area contributed by atoms with Crippen LogP contribution in [0.25, 0.3) is 21.3 Å². The molecule has 5 nitrogen and oxygen atoms in total. The van der Waals surface area contributed by atoms with Gasteiger partial charge in [-0.2, -0.15) is 0 Å². The summed E-state index contributed by atoms with van der Waals surface area (Å²) in [5.41, 5.74) is 3.67. The van der Waals surface area contributed by atoms with E-state index < -0.39 is 0 Å². The molecular formula is C25H22FN3O2S2. The second-order valence-corrected chi connectivity index (χ2v) is 10.1. The number of hydrogen-bond acceptors (Lipinski definition) is 5. The molecule has 1 aliphatic heterocycles. The number of fused-ring (bicyclic) bond motifs is 2. The fraction of sp³-hybridized carbons (Fsp3) is 0.240. The normalized spacial score (nSPS) is 15.4. The minimum Gasteiger partial charge on any atom is -0.349 e. The standard InChI is InChI=1S/C25H22FN3O2S2/c1-15-2-4-16(5-3-15)19-13-33-24-23(19)25(31)29(14-27-24)10-8-22(30)28-20-9-11-32-21-7-6-17(26)12-18(20)21/h2-7,12-14,20H,8-11H2,1H3,(H,28,30). The van der Waals surface area contributed by atoms with Crippen molar-refractivity contribution in [2.24, 2.45) is 0 Å². The summed E-state index contributed by atoms with van der Waals surface area (Å²) in [6, 6.07) is 12.5. The molecule has 1 aliphatic rings. The first-order valence-electron chi connectivity index (χ1n) is 10.7. The molecule has 1 amide bonds. The van der Waals surface area contributed by atoms with Crippen LogP contribution in [0, 0.1) is 12.7 Å². The van der Waals surface area contributed by atoms with E-state index in [1.165, 1.54) is 34.4 Å². The first-order chi connectivity index (χ1) is 16.0. The van der Waals surface area contributed by atoms with E-state index in [0.717, 1.165) is 39.3 Å². The largest absolute Gasteiger partial charge is 0.349 e. The molecule has 0 aliphatic carbocycles. The molecule has 2 aromatic heterocycles. The van der Waals surface area contributed by atoms with Crippen molar-refractivity contribution in [3.63, 3.8) is 0 Å².